The molecule has 0 aliphatic heterocycles. The fourth-order valence-electron chi connectivity index (χ4n) is 1.65. The van der Waals surface area contributed by atoms with Gasteiger partial charge < -0.3 is 21.5 Å². The summed E-state index contributed by atoms with van der Waals surface area (Å²) in [6.07, 6.45) is 0. The van der Waals surface area contributed by atoms with Gasteiger partial charge in [-0.05, 0) is 40.0 Å². The molecule has 0 aromatic heterocycles. The van der Waals surface area contributed by atoms with Gasteiger partial charge in [-0.2, -0.15) is 0 Å². The number of nitrogens with one attached hydrogen (secondary N) is 2. The van der Waals surface area contributed by atoms with Gasteiger partial charge in [0.25, 0.3) is 0 Å². The number of primary amides is 1. The molecule has 21 heavy (non-hydrogen) atoms. The summed E-state index contributed by atoms with van der Waals surface area (Å²) in [5, 5.41) is 13.9. The number of anilines is 1. The van der Waals surface area contributed by atoms with Crippen LogP contribution in [0.2, 0.25) is 0 Å². The van der Waals surface area contributed by atoms with Crippen molar-refractivity contribution in [2.45, 2.75) is 19.9 Å². The number of nitrogens with two attached hydrogens (primary N) is 1. The lowest BCUT2D eigenvalue weighted by Gasteiger charge is -2.21. The van der Waals surface area contributed by atoms with Gasteiger partial charge in [0.15, 0.2) is 0 Å². The van der Waals surface area contributed by atoms with E-state index in [1.165, 1.54) is 18.2 Å². The maximum atomic E-state index is 12.2. The SMILES string of the molecule is CC(C)C(NC(N)=O)C(=O)Nc1cc(C(=O)O)ccc1Br. The number of hydrogen-bond donors (Lipinski definition) is 4. The predicted octanol–water partition coefficient (Wildman–Crippen LogP) is 1.78. The van der Waals surface area contributed by atoms with Crippen LogP contribution in [-0.2, 0) is 4.79 Å². The molecule has 1 aromatic carbocycles. The van der Waals surface area contributed by atoms with Crippen molar-refractivity contribution >= 4 is 39.5 Å². The smallest absolute Gasteiger partial charge is 0.335 e. The van der Waals surface area contributed by atoms with E-state index in [0.717, 1.165) is 0 Å². The second-order valence-electron chi connectivity index (χ2n) is 4.72. The summed E-state index contributed by atoms with van der Waals surface area (Å²) < 4.78 is 0.530. The minimum Gasteiger partial charge on any atom is -0.478 e. The standard InChI is InChI=1S/C13H16BrN3O4/c1-6(2)10(17-13(15)21)11(18)16-9-5-7(12(19)20)3-4-8(9)14/h3-6,10H,1-2H3,(H,16,18)(H,19,20)(H3,15,17,21). The van der Waals surface area contributed by atoms with Gasteiger partial charge in [-0.3, -0.25) is 4.79 Å². The van der Waals surface area contributed by atoms with Crippen molar-refractivity contribution in [2.75, 3.05) is 5.32 Å². The molecular formula is C13H16BrN3O4. The lowest BCUT2D eigenvalue weighted by Crippen LogP contribution is -2.49. The molecule has 114 valence electrons. The van der Waals surface area contributed by atoms with Crippen molar-refractivity contribution in [1.29, 1.82) is 0 Å². The van der Waals surface area contributed by atoms with Gasteiger partial charge in [0.05, 0.1) is 11.3 Å². The second kappa shape index (κ2) is 7.07. The van der Waals surface area contributed by atoms with E-state index >= 15 is 0 Å². The molecule has 1 unspecified atom stereocenters. The molecule has 0 saturated heterocycles. The first-order valence-electron chi connectivity index (χ1n) is 6.12. The average Bonchev–Trinajstić information content (AvgIpc) is 2.37. The predicted molar refractivity (Wildman–Crippen MR) is 81.1 cm³/mol. The van der Waals surface area contributed by atoms with Crippen molar-refractivity contribution in [2.24, 2.45) is 11.7 Å². The maximum absolute atomic E-state index is 12.2. The molecule has 0 aliphatic rings. The molecule has 3 amide bonds. The first kappa shape index (κ1) is 17.0. The Bertz CT molecular complexity index is 575. The monoisotopic (exact) mass is 357 g/mol. The van der Waals surface area contributed by atoms with Crippen LogP contribution >= 0.6 is 15.9 Å². The number of amides is 3. The van der Waals surface area contributed by atoms with Crippen molar-refractivity contribution in [3.63, 3.8) is 0 Å². The minimum absolute atomic E-state index is 0.0393. The Morgan fingerprint density at radius 1 is 1.29 bits per heavy atom. The number of hydrogen-bond acceptors (Lipinski definition) is 3. The number of carboxylic acids is 1. The third kappa shape index (κ3) is 4.75. The molecular weight excluding hydrogens is 342 g/mol. The lowest BCUT2D eigenvalue weighted by molar-refractivity contribution is -0.118. The molecule has 0 bridgehead atoms. The van der Waals surface area contributed by atoms with Crippen molar-refractivity contribution < 1.29 is 19.5 Å². The van der Waals surface area contributed by atoms with Gasteiger partial charge >= 0.3 is 12.0 Å². The van der Waals surface area contributed by atoms with Crippen LogP contribution in [-0.4, -0.2) is 29.1 Å². The van der Waals surface area contributed by atoms with Gasteiger partial charge in [0.2, 0.25) is 5.91 Å². The molecule has 0 radical (unpaired) electrons. The molecule has 0 fully saturated rings. The zero-order chi connectivity index (χ0) is 16.2. The van der Waals surface area contributed by atoms with E-state index in [4.69, 9.17) is 10.8 Å². The van der Waals surface area contributed by atoms with E-state index in [9.17, 15) is 14.4 Å². The highest BCUT2D eigenvalue weighted by atomic mass is 79.9. The number of halogens is 1. The Balaban J connectivity index is 2.97. The van der Waals surface area contributed by atoms with Crippen LogP contribution in [0, 0.1) is 5.92 Å². The molecule has 0 spiro atoms. The van der Waals surface area contributed by atoms with Crippen LogP contribution in [0.15, 0.2) is 22.7 Å². The summed E-state index contributed by atoms with van der Waals surface area (Å²) in [4.78, 5) is 34.0. The number of benzene rings is 1. The highest BCUT2D eigenvalue weighted by molar-refractivity contribution is 9.10. The molecule has 8 heteroatoms. The van der Waals surface area contributed by atoms with Crippen molar-refractivity contribution in [3.05, 3.63) is 28.2 Å². The van der Waals surface area contributed by atoms with Crippen LogP contribution in [0.25, 0.3) is 0 Å². The van der Waals surface area contributed by atoms with E-state index in [1.807, 2.05) is 0 Å². The highest BCUT2D eigenvalue weighted by Crippen LogP contribution is 2.24. The second-order valence-corrected chi connectivity index (χ2v) is 5.57. The fourth-order valence-corrected chi connectivity index (χ4v) is 2.00. The van der Waals surface area contributed by atoms with E-state index < -0.39 is 23.9 Å². The van der Waals surface area contributed by atoms with Gasteiger partial charge in [0.1, 0.15) is 6.04 Å². The first-order chi connectivity index (χ1) is 9.72. The Hall–Kier alpha value is -2.09. The summed E-state index contributed by atoms with van der Waals surface area (Å²) in [6, 6.07) is 2.63. The summed E-state index contributed by atoms with van der Waals surface area (Å²) in [5.74, 6) is -1.76. The van der Waals surface area contributed by atoms with E-state index in [1.54, 1.807) is 13.8 Å². The molecule has 1 aromatic rings. The number of carboxylic acid groups (broad SMARTS) is 1. The van der Waals surface area contributed by atoms with Crippen LogP contribution in [0.4, 0.5) is 10.5 Å². The Morgan fingerprint density at radius 3 is 2.38 bits per heavy atom. The fraction of sp³-hybridized carbons (Fsp3) is 0.308. The van der Waals surface area contributed by atoms with Crippen LogP contribution in [0.3, 0.4) is 0 Å². The Labute approximate surface area is 130 Å². The van der Waals surface area contributed by atoms with Crippen molar-refractivity contribution in [3.8, 4) is 0 Å². The number of carbonyl (C=O) groups is 3. The number of aromatic carboxylic acids is 1. The number of carbonyl (C=O) groups excluding carboxylic acids is 2. The van der Waals surface area contributed by atoms with Crippen LogP contribution in [0.1, 0.15) is 24.2 Å². The molecule has 7 nitrogen and oxygen atoms in total. The normalized spacial score (nSPS) is 11.8. The zero-order valence-electron chi connectivity index (χ0n) is 11.5. The van der Waals surface area contributed by atoms with E-state index in [-0.39, 0.29) is 11.5 Å². The summed E-state index contributed by atoms with van der Waals surface area (Å²) in [6.45, 7) is 3.51. The topological polar surface area (TPSA) is 122 Å². The summed E-state index contributed by atoms with van der Waals surface area (Å²) in [7, 11) is 0. The molecule has 0 aliphatic carbocycles. The quantitative estimate of drug-likeness (QED) is 0.641. The first-order valence-corrected chi connectivity index (χ1v) is 6.91. The third-order valence-electron chi connectivity index (χ3n) is 2.72. The maximum Gasteiger partial charge on any atom is 0.335 e. The zero-order valence-corrected chi connectivity index (χ0v) is 13.1. The largest absolute Gasteiger partial charge is 0.478 e. The van der Waals surface area contributed by atoms with Gasteiger partial charge in [-0.25, -0.2) is 9.59 Å². The van der Waals surface area contributed by atoms with Crippen LogP contribution < -0.4 is 16.4 Å². The highest BCUT2D eigenvalue weighted by Gasteiger charge is 2.24. The Morgan fingerprint density at radius 2 is 1.90 bits per heavy atom. The average molecular weight is 358 g/mol. The molecule has 0 heterocycles. The van der Waals surface area contributed by atoms with Gasteiger partial charge in [-0.15, -0.1) is 0 Å². The molecule has 0 saturated carbocycles. The summed E-state index contributed by atoms with van der Waals surface area (Å²) in [5.41, 5.74) is 5.38. The van der Waals surface area contributed by atoms with E-state index in [2.05, 4.69) is 26.6 Å². The van der Waals surface area contributed by atoms with Gasteiger partial charge in [-0.1, -0.05) is 13.8 Å². The van der Waals surface area contributed by atoms with Crippen molar-refractivity contribution in [1.82, 2.24) is 5.32 Å². The Kier molecular flexibility index (Phi) is 5.71. The van der Waals surface area contributed by atoms with Gasteiger partial charge in [0, 0.05) is 4.47 Å². The van der Waals surface area contributed by atoms with E-state index in [0.29, 0.717) is 10.2 Å². The number of rotatable bonds is 5. The van der Waals surface area contributed by atoms with Crippen LogP contribution in [0.5, 0.6) is 0 Å². The lowest BCUT2D eigenvalue weighted by atomic mass is 10.0. The number of urea groups is 1. The molecule has 5 N–H and O–H groups in total. The third-order valence-corrected chi connectivity index (χ3v) is 3.41. The molecule has 1 atom stereocenters. The molecule has 1 rings (SSSR count). The minimum atomic E-state index is -1.10. The summed E-state index contributed by atoms with van der Waals surface area (Å²) >= 11 is 3.23.